The third kappa shape index (κ3) is 3.88. The largest absolute Gasteiger partial charge is 0.437 e. The van der Waals surface area contributed by atoms with Gasteiger partial charge in [-0.05, 0) is 15.9 Å². The van der Waals surface area contributed by atoms with Crippen LogP contribution in [0, 0.1) is 0 Å². The molecule has 0 saturated carbocycles. The predicted octanol–water partition coefficient (Wildman–Crippen LogP) is 4.38. The Kier molecular flexibility index (Phi) is 4.06. The molecule has 0 unspecified atom stereocenters. The lowest BCUT2D eigenvalue weighted by atomic mass is 9.96. The molecule has 6 heteroatoms. The lowest BCUT2D eigenvalue weighted by Crippen LogP contribution is -2.16. The zero-order chi connectivity index (χ0) is 14.0. The summed E-state index contributed by atoms with van der Waals surface area (Å²) in [5.41, 5.74) is -0.158. The number of pyridine rings is 1. The van der Waals surface area contributed by atoms with E-state index in [4.69, 9.17) is 16.3 Å². The maximum atomic E-state index is 5.86. The Morgan fingerprint density at radius 1 is 1.16 bits per heavy atom. The average Bonchev–Trinajstić information content (AvgIpc) is 2.26. The third-order valence-corrected chi connectivity index (χ3v) is 2.86. The molecule has 4 nitrogen and oxygen atoms in total. The van der Waals surface area contributed by atoms with Gasteiger partial charge in [0.15, 0.2) is 0 Å². The van der Waals surface area contributed by atoms with Crippen molar-refractivity contribution in [1.82, 2.24) is 15.0 Å². The standard InChI is InChI=1S/C13H13BrClN3O/c1-13(2,3)12-17-10(14)5-11(18-12)19-9-4-8(15)6-16-7-9/h4-7H,1-3H3. The molecule has 100 valence electrons. The van der Waals surface area contributed by atoms with Crippen molar-refractivity contribution in [2.24, 2.45) is 0 Å². The molecule has 0 aromatic carbocycles. The van der Waals surface area contributed by atoms with Crippen LogP contribution in [0.5, 0.6) is 11.6 Å². The molecule has 2 aromatic heterocycles. The van der Waals surface area contributed by atoms with Crippen LogP contribution in [0.2, 0.25) is 5.02 Å². The van der Waals surface area contributed by atoms with E-state index < -0.39 is 0 Å². The number of halogens is 2. The molecule has 0 N–H and O–H groups in total. The number of nitrogens with zero attached hydrogens (tertiary/aromatic N) is 3. The van der Waals surface area contributed by atoms with E-state index in [0.717, 1.165) is 0 Å². The minimum absolute atomic E-state index is 0.158. The monoisotopic (exact) mass is 341 g/mol. The molecule has 0 spiro atoms. The second-order valence-corrected chi connectivity index (χ2v) is 6.29. The van der Waals surface area contributed by atoms with Crippen LogP contribution in [0.3, 0.4) is 0 Å². The highest BCUT2D eigenvalue weighted by Crippen LogP contribution is 2.27. The smallest absolute Gasteiger partial charge is 0.223 e. The van der Waals surface area contributed by atoms with E-state index in [1.807, 2.05) is 20.8 Å². The highest BCUT2D eigenvalue weighted by molar-refractivity contribution is 9.10. The lowest BCUT2D eigenvalue weighted by molar-refractivity contribution is 0.443. The highest BCUT2D eigenvalue weighted by atomic mass is 79.9. The molecule has 0 aliphatic carbocycles. The number of rotatable bonds is 2. The Labute approximate surface area is 125 Å². The number of ether oxygens (including phenoxy) is 1. The van der Waals surface area contributed by atoms with Gasteiger partial charge in [0, 0.05) is 23.7 Å². The molecule has 2 rings (SSSR count). The molecule has 0 amide bonds. The van der Waals surface area contributed by atoms with Crippen molar-refractivity contribution >= 4 is 27.5 Å². The summed E-state index contributed by atoms with van der Waals surface area (Å²) in [5, 5.41) is 0.515. The summed E-state index contributed by atoms with van der Waals surface area (Å²) in [7, 11) is 0. The fourth-order valence-corrected chi connectivity index (χ4v) is 1.88. The first-order valence-corrected chi connectivity index (χ1v) is 6.85. The number of hydrogen-bond donors (Lipinski definition) is 0. The first-order chi connectivity index (χ1) is 8.84. The van der Waals surface area contributed by atoms with E-state index in [1.165, 1.54) is 0 Å². The van der Waals surface area contributed by atoms with Gasteiger partial charge < -0.3 is 4.74 Å². The normalized spacial score (nSPS) is 11.4. The minimum Gasteiger partial charge on any atom is -0.437 e. The van der Waals surface area contributed by atoms with E-state index in [-0.39, 0.29) is 5.41 Å². The van der Waals surface area contributed by atoms with Gasteiger partial charge in [0.25, 0.3) is 0 Å². The molecule has 0 aliphatic heterocycles. The summed E-state index contributed by atoms with van der Waals surface area (Å²) in [6.07, 6.45) is 3.13. The van der Waals surface area contributed by atoms with Gasteiger partial charge in [-0.3, -0.25) is 4.98 Å². The van der Waals surface area contributed by atoms with Crippen LogP contribution < -0.4 is 4.74 Å². The van der Waals surface area contributed by atoms with Crippen LogP contribution in [-0.4, -0.2) is 15.0 Å². The van der Waals surface area contributed by atoms with Crippen LogP contribution in [0.25, 0.3) is 0 Å². The van der Waals surface area contributed by atoms with Crippen molar-refractivity contribution in [2.45, 2.75) is 26.2 Å². The summed E-state index contributed by atoms with van der Waals surface area (Å²) in [6, 6.07) is 3.39. The molecule has 19 heavy (non-hydrogen) atoms. The maximum absolute atomic E-state index is 5.86. The van der Waals surface area contributed by atoms with Crippen LogP contribution in [0.15, 0.2) is 29.1 Å². The molecule has 2 aromatic rings. The summed E-state index contributed by atoms with van der Waals surface area (Å²) < 4.78 is 6.33. The fraction of sp³-hybridized carbons (Fsp3) is 0.308. The Morgan fingerprint density at radius 3 is 2.53 bits per heavy atom. The summed E-state index contributed by atoms with van der Waals surface area (Å²) in [6.45, 7) is 6.12. The van der Waals surface area contributed by atoms with Crippen LogP contribution in [0.1, 0.15) is 26.6 Å². The fourth-order valence-electron chi connectivity index (χ4n) is 1.35. The molecular formula is C13H13BrClN3O. The molecule has 2 heterocycles. The van der Waals surface area contributed by atoms with Crippen LogP contribution in [0.4, 0.5) is 0 Å². The lowest BCUT2D eigenvalue weighted by Gasteiger charge is -2.17. The van der Waals surface area contributed by atoms with Crippen molar-refractivity contribution < 1.29 is 4.74 Å². The summed E-state index contributed by atoms with van der Waals surface area (Å²) >= 11 is 9.22. The van der Waals surface area contributed by atoms with Crippen LogP contribution in [-0.2, 0) is 5.41 Å². The van der Waals surface area contributed by atoms with Crippen molar-refractivity contribution in [3.8, 4) is 11.6 Å². The van der Waals surface area contributed by atoms with Crippen molar-refractivity contribution in [3.63, 3.8) is 0 Å². The quantitative estimate of drug-likeness (QED) is 0.760. The van der Waals surface area contributed by atoms with E-state index in [1.54, 1.807) is 24.5 Å². The molecule has 0 bridgehead atoms. The van der Waals surface area contributed by atoms with Crippen LogP contribution >= 0.6 is 27.5 Å². The van der Waals surface area contributed by atoms with Gasteiger partial charge >= 0.3 is 0 Å². The van der Waals surface area contributed by atoms with Gasteiger partial charge in [0.2, 0.25) is 5.88 Å². The molecule has 0 fully saturated rings. The summed E-state index contributed by atoms with van der Waals surface area (Å²) in [4.78, 5) is 12.7. The molecule has 0 radical (unpaired) electrons. The second kappa shape index (κ2) is 5.43. The molecule has 0 atom stereocenters. The van der Waals surface area contributed by atoms with Gasteiger partial charge in [0.1, 0.15) is 16.2 Å². The highest BCUT2D eigenvalue weighted by Gasteiger charge is 2.19. The Balaban J connectivity index is 2.33. The molecule has 0 saturated heterocycles. The van der Waals surface area contributed by atoms with E-state index in [9.17, 15) is 0 Å². The van der Waals surface area contributed by atoms with E-state index in [2.05, 4.69) is 30.9 Å². The second-order valence-electron chi connectivity index (χ2n) is 5.04. The van der Waals surface area contributed by atoms with E-state index in [0.29, 0.717) is 27.1 Å². The Bertz CT molecular complexity index is 599. The topological polar surface area (TPSA) is 47.9 Å². The van der Waals surface area contributed by atoms with Gasteiger partial charge in [-0.25, -0.2) is 4.98 Å². The maximum Gasteiger partial charge on any atom is 0.223 e. The van der Waals surface area contributed by atoms with Crippen molar-refractivity contribution in [3.05, 3.63) is 40.0 Å². The SMILES string of the molecule is CC(C)(C)c1nc(Br)cc(Oc2cncc(Cl)c2)n1. The zero-order valence-electron chi connectivity index (χ0n) is 10.8. The molecule has 0 aliphatic rings. The Morgan fingerprint density at radius 2 is 1.89 bits per heavy atom. The van der Waals surface area contributed by atoms with Gasteiger partial charge in [-0.2, -0.15) is 4.98 Å². The molecular weight excluding hydrogens is 330 g/mol. The zero-order valence-corrected chi connectivity index (χ0v) is 13.2. The third-order valence-electron chi connectivity index (χ3n) is 2.24. The first-order valence-electron chi connectivity index (χ1n) is 5.68. The van der Waals surface area contributed by atoms with E-state index >= 15 is 0 Å². The van der Waals surface area contributed by atoms with Gasteiger partial charge in [-0.15, -0.1) is 0 Å². The van der Waals surface area contributed by atoms with Crippen molar-refractivity contribution in [2.75, 3.05) is 0 Å². The first kappa shape index (κ1) is 14.2. The Hall–Kier alpha value is -1.20. The van der Waals surface area contributed by atoms with Gasteiger partial charge in [-0.1, -0.05) is 32.4 Å². The number of aromatic nitrogens is 3. The van der Waals surface area contributed by atoms with Gasteiger partial charge in [0.05, 0.1) is 11.2 Å². The number of hydrogen-bond acceptors (Lipinski definition) is 4. The average molecular weight is 343 g/mol. The predicted molar refractivity (Wildman–Crippen MR) is 77.8 cm³/mol. The summed E-state index contributed by atoms with van der Waals surface area (Å²) in [5.74, 6) is 1.70. The van der Waals surface area contributed by atoms with Crippen molar-refractivity contribution in [1.29, 1.82) is 0 Å². The minimum atomic E-state index is -0.158.